The van der Waals surface area contributed by atoms with E-state index in [1.165, 1.54) is 23.0 Å². The number of hydrogen-bond acceptors (Lipinski definition) is 11. The summed E-state index contributed by atoms with van der Waals surface area (Å²) in [6, 6.07) is 13.1. The van der Waals surface area contributed by atoms with Gasteiger partial charge in [-0.3, -0.25) is 9.36 Å². The van der Waals surface area contributed by atoms with Gasteiger partial charge in [0.05, 0.1) is 62.4 Å². The number of fused-ring (bicyclic) bond motifs is 1. The zero-order valence-corrected chi connectivity index (χ0v) is 33.4. The number of allylic oxidation sites excluding steroid dienone is 1. The van der Waals surface area contributed by atoms with Crippen LogP contribution in [0.25, 0.3) is 6.08 Å². The van der Waals surface area contributed by atoms with Gasteiger partial charge in [-0.1, -0.05) is 46.7 Å². The van der Waals surface area contributed by atoms with Gasteiger partial charge in [-0.05, 0) is 109 Å². The normalized spacial score (nSPS) is 14.0. The zero-order valence-electron chi connectivity index (χ0n) is 28.9. The molecule has 1 aliphatic heterocycles. The summed E-state index contributed by atoms with van der Waals surface area (Å²) in [5, 5.41) is 0.890. The molecule has 0 saturated carbocycles. The number of aromatic nitrogens is 1. The van der Waals surface area contributed by atoms with Crippen molar-refractivity contribution in [2.45, 2.75) is 40.3 Å². The first-order valence-electron chi connectivity index (χ1n) is 16.2. The van der Waals surface area contributed by atoms with E-state index in [9.17, 15) is 14.4 Å². The number of ether oxygens (including phenoxy) is 6. The predicted molar refractivity (Wildman–Crippen MR) is 207 cm³/mol. The van der Waals surface area contributed by atoms with Gasteiger partial charge in [-0.15, -0.1) is 0 Å². The van der Waals surface area contributed by atoms with Gasteiger partial charge in [0.25, 0.3) is 5.56 Å². The molecule has 1 aromatic heterocycles. The monoisotopic (exact) mass is 880 g/mol. The summed E-state index contributed by atoms with van der Waals surface area (Å²) < 4.78 is 36.4. The van der Waals surface area contributed by atoms with Crippen molar-refractivity contribution in [2.75, 3.05) is 33.5 Å². The fourth-order valence-electron chi connectivity index (χ4n) is 5.40. The van der Waals surface area contributed by atoms with Crippen molar-refractivity contribution in [3.63, 3.8) is 0 Å². The van der Waals surface area contributed by atoms with E-state index < -0.39 is 18.0 Å². The second-order valence-electron chi connectivity index (χ2n) is 11.1. The number of hydrogen-bond donors (Lipinski definition) is 0. The van der Waals surface area contributed by atoms with Gasteiger partial charge < -0.3 is 28.4 Å². The van der Waals surface area contributed by atoms with Gasteiger partial charge in [-0.25, -0.2) is 14.6 Å². The molecule has 4 aromatic rings. The Morgan fingerprint density at radius 2 is 1.67 bits per heavy atom. The van der Waals surface area contributed by atoms with Gasteiger partial charge in [0, 0.05) is 0 Å². The fourth-order valence-corrected chi connectivity index (χ4v) is 7.54. The maximum atomic E-state index is 14.3. The third-order valence-electron chi connectivity index (χ3n) is 7.67. The molecule has 0 N–H and O–H groups in total. The first kappa shape index (κ1) is 39.2. The van der Waals surface area contributed by atoms with Gasteiger partial charge in [-0.2, -0.15) is 0 Å². The summed E-state index contributed by atoms with van der Waals surface area (Å²) in [6.07, 6.45) is 1.76. The first-order chi connectivity index (χ1) is 25.0. The summed E-state index contributed by atoms with van der Waals surface area (Å²) in [5.41, 5.74) is 2.35. The average Bonchev–Trinajstić information content (AvgIpc) is 3.41. The fraction of sp³-hybridized carbons (Fsp3) is 0.297. The summed E-state index contributed by atoms with van der Waals surface area (Å²) in [5.74, 6) is 0.514. The van der Waals surface area contributed by atoms with Crippen LogP contribution in [0.5, 0.6) is 23.0 Å². The number of halogens is 3. The molecule has 1 aliphatic rings. The molecule has 0 radical (unpaired) electrons. The number of rotatable bonds is 14. The minimum absolute atomic E-state index is 0.130. The van der Waals surface area contributed by atoms with Crippen LogP contribution < -0.4 is 33.8 Å². The SMILES string of the molecule is CCOC(=O)C1=C(C)N=c2s/c(=C/c3cc(I)c(OCc4ccc(Cl)c(Cl)c4)c(OCC)c3)c(=O)n2[C@H]1c1ccc(OCC(=O)OC)c(OCC)c1. The second kappa shape index (κ2) is 17.6. The van der Waals surface area contributed by atoms with Crippen molar-refractivity contribution in [1.82, 2.24) is 4.57 Å². The summed E-state index contributed by atoms with van der Waals surface area (Å²) >= 11 is 15.6. The van der Waals surface area contributed by atoms with Crippen molar-refractivity contribution in [3.05, 3.63) is 110 Å². The summed E-state index contributed by atoms with van der Waals surface area (Å²) in [6.45, 7) is 7.81. The standard InChI is InChI=1S/C37H35Cl2IN2O9S/c1-6-47-28-17-23(10-12-27(28)50-19-31(43)46-5)33-32(36(45)49-8-3)20(4)41-37-42(33)35(44)30(52-37)16-22-14-26(40)34(29(15-22)48-7-2)51-18-21-9-11-24(38)25(39)13-21/h9-17,33H,6-8,18-19H2,1-5H3/b30-16+/t33-/m0/s1. The van der Waals surface area contributed by atoms with E-state index in [0.717, 1.165) is 9.13 Å². The third kappa shape index (κ3) is 8.76. The van der Waals surface area contributed by atoms with Crippen molar-refractivity contribution >= 4 is 75.1 Å². The highest BCUT2D eigenvalue weighted by Gasteiger charge is 2.34. The number of carbonyl (C=O) groups excluding carboxylic acids is 2. The number of benzene rings is 3. The van der Waals surface area contributed by atoms with Crippen molar-refractivity contribution in [3.8, 4) is 23.0 Å². The average molecular weight is 882 g/mol. The van der Waals surface area contributed by atoms with Gasteiger partial charge in [0.2, 0.25) is 0 Å². The minimum atomic E-state index is -0.900. The van der Waals surface area contributed by atoms with E-state index in [0.29, 0.717) is 72.4 Å². The van der Waals surface area contributed by atoms with E-state index in [1.807, 2.05) is 25.1 Å². The highest BCUT2D eigenvalue weighted by molar-refractivity contribution is 14.1. The van der Waals surface area contributed by atoms with Crippen molar-refractivity contribution in [2.24, 2.45) is 4.99 Å². The zero-order chi connectivity index (χ0) is 37.5. The molecule has 274 valence electrons. The third-order valence-corrected chi connectivity index (χ3v) is 10.2. The van der Waals surface area contributed by atoms with Crippen LogP contribution >= 0.6 is 57.1 Å². The van der Waals surface area contributed by atoms with Crippen LogP contribution in [0.1, 0.15) is 50.4 Å². The topological polar surface area (TPSA) is 124 Å². The smallest absolute Gasteiger partial charge is 0.343 e. The lowest BCUT2D eigenvalue weighted by Crippen LogP contribution is -2.40. The Morgan fingerprint density at radius 1 is 0.923 bits per heavy atom. The van der Waals surface area contributed by atoms with E-state index >= 15 is 0 Å². The van der Waals surface area contributed by atoms with Crippen LogP contribution in [-0.2, 0) is 25.7 Å². The molecular formula is C37H35Cl2IN2O9S. The molecule has 15 heteroatoms. The van der Waals surface area contributed by atoms with E-state index in [2.05, 4.69) is 27.6 Å². The molecule has 0 amide bonds. The predicted octanol–water partition coefficient (Wildman–Crippen LogP) is 6.64. The van der Waals surface area contributed by atoms with Crippen LogP contribution in [-0.4, -0.2) is 50.0 Å². The van der Waals surface area contributed by atoms with Crippen LogP contribution in [0.4, 0.5) is 0 Å². The molecule has 0 bridgehead atoms. The molecule has 1 atom stereocenters. The molecule has 0 fully saturated rings. The van der Waals surface area contributed by atoms with Crippen LogP contribution in [0.15, 0.2) is 69.6 Å². The molecule has 0 unspecified atom stereocenters. The number of carbonyl (C=O) groups is 2. The molecule has 3 aromatic carbocycles. The van der Waals surface area contributed by atoms with Gasteiger partial charge in [0.1, 0.15) is 6.61 Å². The lowest BCUT2D eigenvalue weighted by atomic mass is 9.95. The summed E-state index contributed by atoms with van der Waals surface area (Å²) in [7, 11) is 1.27. The Hall–Kier alpha value is -4.05. The van der Waals surface area contributed by atoms with Gasteiger partial charge >= 0.3 is 11.9 Å². The van der Waals surface area contributed by atoms with Crippen molar-refractivity contribution < 1.29 is 38.0 Å². The Balaban J connectivity index is 1.59. The Morgan fingerprint density at radius 3 is 2.37 bits per heavy atom. The number of nitrogens with zero attached hydrogens (tertiary/aromatic N) is 2. The van der Waals surface area contributed by atoms with Crippen LogP contribution in [0, 0.1) is 3.57 Å². The maximum Gasteiger partial charge on any atom is 0.343 e. The lowest BCUT2D eigenvalue weighted by Gasteiger charge is -2.25. The molecule has 2 heterocycles. The maximum absolute atomic E-state index is 14.3. The van der Waals surface area contributed by atoms with Gasteiger partial charge in [0.15, 0.2) is 34.4 Å². The number of esters is 2. The quantitative estimate of drug-likeness (QED) is 0.101. The summed E-state index contributed by atoms with van der Waals surface area (Å²) in [4.78, 5) is 44.6. The minimum Gasteiger partial charge on any atom is -0.490 e. The molecule has 52 heavy (non-hydrogen) atoms. The Labute approximate surface area is 327 Å². The Kier molecular flexibility index (Phi) is 13.3. The molecule has 11 nitrogen and oxygen atoms in total. The van der Waals surface area contributed by atoms with Crippen LogP contribution in [0.3, 0.4) is 0 Å². The van der Waals surface area contributed by atoms with E-state index in [1.54, 1.807) is 57.2 Å². The Bertz CT molecular complexity index is 2220. The molecule has 0 saturated heterocycles. The largest absolute Gasteiger partial charge is 0.490 e. The molecule has 0 spiro atoms. The highest BCUT2D eigenvalue weighted by Crippen LogP contribution is 2.38. The van der Waals surface area contributed by atoms with E-state index in [-0.39, 0.29) is 31.0 Å². The first-order valence-corrected chi connectivity index (χ1v) is 18.8. The second-order valence-corrected chi connectivity index (χ2v) is 14.1. The lowest BCUT2D eigenvalue weighted by molar-refractivity contribution is -0.143. The molecular weight excluding hydrogens is 846 g/mol. The van der Waals surface area contributed by atoms with E-state index in [4.69, 9.17) is 51.6 Å². The number of methoxy groups -OCH3 is 1. The molecule has 5 rings (SSSR count). The van der Waals surface area contributed by atoms with Crippen molar-refractivity contribution in [1.29, 1.82) is 0 Å². The highest BCUT2D eigenvalue weighted by atomic mass is 127. The molecule has 0 aliphatic carbocycles. The number of thiazole rings is 1. The van der Waals surface area contributed by atoms with Crippen LogP contribution in [0.2, 0.25) is 10.0 Å².